The van der Waals surface area contributed by atoms with Crippen molar-refractivity contribution in [3.8, 4) is 11.5 Å². The second kappa shape index (κ2) is 8.41. The van der Waals surface area contributed by atoms with Gasteiger partial charge in [0.25, 0.3) is 0 Å². The number of anilines is 1. The summed E-state index contributed by atoms with van der Waals surface area (Å²) in [4.78, 5) is 6.67. The van der Waals surface area contributed by atoms with Crippen LogP contribution in [0.5, 0.6) is 0 Å². The van der Waals surface area contributed by atoms with E-state index in [1.54, 1.807) is 12.1 Å². The van der Waals surface area contributed by atoms with Crippen LogP contribution < -0.4 is 4.90 Å². The fourth-order valence-electron chi connectivity index (χ4n) is 3.98. The summed E-state index contributed by atoms with van der Waals surface area (Å²) in [5, 5.41) is 1.95. The number of rotatable bonds is 5. The first-order valence-electron chi connectivity index (χ1n) is 10.7. The number of ether oxygens (including phenoxy) is 1. The van der Waals surface area contributed by atoms with Crippen molar-refractivity contribution in [3.63, 3.8) is 0 Å². The topological polar surface area (TPSA) is 72.6 Å². The van der Waals surface area contributed by atoms with Crippen molar-refractivity contribution in [2.45, 2.75) is 23.3 Å². The Hall–Kier alpha value is -3.16. The average Bonchev–Trinajstić information content (AvgIpc) is 3.30. The Bertz CT molecular complexity index is 1350. The summed E-state index contributed by atoms with van der Waals surface area (Å²) < 4.78 is 38.9. The largest absolute Gasteiger partial charge is 0.419 e. The molecule has 1 aliphatic rings. The minimum absolute atomic E-state index is 0.0495. The molecular weight excluding hydrogens is 424 g/mol. The molecule has 3 aromatic carbocycles. The minimum atomic E-state index is -3.87. The number of aryl methyl sites for hydroxylation is 1. The SMILES string of the molecule is CCc1ccc(S(=O)(=O)c2nc(-c3cccc4ccccc34)oc2N2CCOCC2)cc1. The Labute approximate surface area is 187 Å². The Morgan fingerprint density at radius 2 is 1.66 bits per heavy atom. The summed E-state index contributed by atoms with van der Waals surface area (Å²) in [6.45, 7) is 4.14. The number of benzene rings is 3. The van der Waals surface area contributed by atoms with Gasteiger partial charge in [0.05, 0.1) is 18.1 Å². The summed E-state index contributed by atoms with van der Waals surface area (Å²) >= 11 is 0. The molecule has 32 heavy (non-hydrogen) atoms. The number of sulfone groups is 1. The maximum atomic E-state index is 13.6. The van der Waals surface area contributed by atoms with Crippen LogP contribution >= 0.6 is 0 Å². The molecule has 0 atom stereocenters. The van der Waals surface area contributed by atoms with Crippen LogP contribution in [0.3, 0.4) is 0 Å². The van der Waals surface area contributed by atoms with E-state index in [4.69, 9.17) is 9.15 Å². The van der Waals surface area contributed by atoms with Crippen molar-refractivity contribution >= 4 is 26.5 Å². The molecule has 2 heterocycles. The number of nitrogens with zero attached hydrogens (tertiary/aromatic N) is 2. The van der Waals surface area contributed by atoms with Gasteiger partial charge in [-0.2, -0.15) is 4.98 Å². The highest BCUT2D eigenvalue weighted by atomic mass is 32.2. The van der Waals surface area contributed by atoms with E-state index < -0.39 is 9.84 Å². The van der Waals surface area contributed by atoms with Crippen LogP contribution in [0.15, 0.2) is 81.1 Å². The van der Waals surface area contributed by atoms with E-state index in [0.29, 0.717) is 32.2 Å². The van der Waals surface area contributed by atoms with Crippen molar-refractivity contribution < 1.29 is 17.6 Å². The molecule has 4 aromatic rings. The molecule has 7 heteroatoms. The summed E-state index contributed by atoms with van der Waals surface area (Å²) in [5.74, 6) is 0.572. The Morgan fingerprint density at radius 3 is 2.41 bits per heavy atom. The zero-order valence-corrected chi connectivity index (χ0v) is 18.6. The molecule has 5 rings (SSSR count). The van der Waals surface area contributed by atoms with Gasteiger partial charge in [-0.1, -0.05) is 55.5 Å². The molecule has 0 radical (unpaired) electrons. The van der Waals surface area contributed by atoms with E-state index >= 15 is 0 Å². The normalized spacial score (nSPS) is 14.7. The Morgan fingerprint density at radius 1 is 0.938 bits per heavy atom. The van der Waals surface area contributed by atoms with Crippen LogP contribution in [0.1, 0.15) is 12.5 Å². The van der Waals surface area contributed by atoms with Crippen molar-refractivity contribution in [1.82, 2.24) is 4.98 Å². The van der Waals surface area contributed by atoms with Gasteiger partial charge in [0.1, 0.15) is 0 Å². The lowest BCUT2D eigenvalue weighted by Crippen LogP contribution is -2.36. The van der Waals surface area contributed by atoms with E-state index in [1.807, 2.05) is 66.4 Å². The van der Waals surface area contributed by atoms with Gasteiger partial charge in [0, 0.05) is 18.7 Å². The molecule has 0 amide bonds. The molecule has 164 valence electrons. The smallest absolute Gasteiger partial charge is 0.236 e. The van der Waals surface area contributed by atoms with Crippen LogP contribution in [-0.4, -0.2) is 39.7 Å². The molecule has 6 nitrogen and oxygen atoms in total. The van der Waals surface area contributed by atoms with Crippen LogP contribution in [0.4, 0.5) is 5.88 Å². The lowest BCUT2D eigenvalue weighted by atomic mass is 10.0. The summed E-state index contributed by atoms with van der Waals surface area (Å²) in [5.41, 5.74) is 1.84. The fraction of sp³-hybridized carbons (Fsp3) is 0.240. The molecule has 0 unspecified atom stereocenters. The zero-order valence-electron chi connectivity index (χ0n) is 17.8. The van der Waals surface area contributed by atoms with E-state index in [2.05, 4.69) is 4.98 Å². The third-order valence-corrected chi connectivity index (χ3v) is 7.46. The Kier molecular flexibility index (Phi) is 5.45. The quantitative estimate of drug-likeness (QED) is 0.440. The van der Waals surface area contributed by atoms with Gasteiger partial charge in [0.15, 0.2) is 0 Å². The number of hydrogen-bond donors (Lipinski definition) is 0. The molecule has 0 saturated carbocycles. The summed E-state index contributed by atoms with van der Waals surface area (Å²) in [6.07, 6.45) is 0.842. The fourth-order valence-corrected chi connectivity index (χ4v) is 5.30. The lowest BCUT2D eigenvalue weighted by Gasteiger charge is -2.26. The average molecular weight is 449 g/mol. The molecular formula is C25H24N2O4S. The van der Waals surface area contributed by atoms with E-state index in [0.717, 1.165) is 28.3 Å². The summed E-state index contributed by atoms with van der Waals surface area (Å²) in [7, 11) is -3.87. The Balaban J connectivity index is 1.68. The van der Waals surface area contributed by atoms with Crippen molar-refractivity contribution in [3.05, 3.63) is 72.3 Å². The highest BCUT2D eigenvalue weighted by molar-refractivity contribution is 7.91. The highest BCUT2D eigenvalue weighted by Gasteiger charge is 2.32. The van der Waals surface area contributed by atoms with E-state index in [1.165, 1.54) is 0 Å². The first-order valence-corrected chi connectivity index (χ1v) is 12.2. The second-order valence-corrected chi connectivity index (χ2v) is 9.62. The van der Waals surface area contributed by atoms with Crippen LogP contribution in [0, 0.1) is 0 Å². The molecule has 0 spiro atoms. The first kappa shape index (κ1) is 20.7. The van der Waals surface area contributed by atoms with E-state index in [9.17, 15) is 8.42 Å². The predicted molar refractivity (Wildman–Crippen MR) is 124 cm³/mol. The van der Waals surface area contributed by atoms with Gasteiger partial charge >= 0.3 is 0 Å². The van der Waals surface area contributed by atoms with Gasteiger partial charge in [0.2, 0.25) is 26.6 Å². The van der Waals surface area contributed by atoms with Crippen molar-refractivity contribution in [2.24, 2.45) is 0 Å². The predicted octanol–water partition coefficient (Wildman–Crippen LogP) is 4.73. The molecule has 1 saturated heterocycles. The van der Waals surface area contributed by atoms with Gasteiger partial charge in [-0.05, 0) is 41.0 Å². The number of oxazole rings is 1. The monoisotopic (exact) mass is 448 g/mol. The standard InChI is InChI=1S/C25H24N2O4S/c1-2-18-10-12-20(13-11-18)32(28,29)24-25(27-14-16-30-17-15-27)31-23(26-24)22-9-5-7-19-6-3-4-8-21(19)22/h3-13H,2,14-17H2,1H3. The molecule has 0 aliphatic carbocycles. The van der Waals surface area contributed by atoms with E-state index in [-0.39, 0.29) is 15.8 Å². The number of aromatic nitrogens is 1. The molecule has 1 fully saturated rings. The number of morpholine rings is 1. The van der Waals surface area contributed by atoms with Gasteiger partial charge in [-0.15, -0.1) is 0 Å². The first-order chi connectivity index (χ1) is 15.6. The molecule has 1 aliphatic heterocycles. The van der Waals surface area contributed by atoms with Crippen LogP contribution in [0.25, 0.3) is 22.2 Å². The van der Waals surface area contributed by atoms with Crippen molar-refractivity contribution in [1.29, 1.82) is 0 Å². The van der Waals surface area contributed by atoms with Gasteiger partial charge < -0.3 is 14.1 Å². The highest BCUT2D eigenvalue weighted by Crippen LogP contribution is 2.37. The zero-order chi connectivity index (χ0) is 22.1. The van der Waals surface area contributed by atoms with Crippen molar-refractivity contribution in [2.75, 3.05) is 31.2 Å². The van der Waals surface area contributed by atoms with Gasteiger partial charge in [-0.3, -0.25) is 0 Å². The van der Waals surface area contributed by atoms with Crippen LogP contribution in [-0.2, 0) is 21.0 Å². The van der Waals surface area contributed by atoms with Crippen LogP contribution in [0.2, 0.25) is 0 Å². The third kappa shape index (κ3) is 3.67. The molecule has 1 aromatic heterocycles. The van der Waals surface area contributed by atoms with Gasteiger partial charge in [-0.25, -0.2) is 8.42 Å². The molecule has 0 N–H and O–H groups in total. The lowest BCUT2D eigenvalue weighted by molar-refractivity contribution is 0.120. The number of fused-ring (bicyclic) bond motifs is 1. The maximum absolute atomic E-state index is 13.6. The minimum Gasteiger partial charge on any atom is -0.419 e. The number of hydrogen-bond acceptors (Lipinski definition) is 6. The maximum Gasteiger partial charge on any atom is 0.236 e. The second-order valence-electron chi connectivity index (χ2n) is 7.76. The third-order valence-electron chi connectivity index (χ3n) is 5.79. The summed E-state index contributed by atoms with van der Waals surface area (Å²) in [6, 6.07) is 20.7. The molecule has 0 bridgehead atoms.